The topological polar surface area (TPSA) is 91.8 Å². The standard InChI is InChI=1S/C14H19N3O4/c1-9-4-3-5-15-11(9)7-16-14(20)17-8-10(21-2)6-12(17)13(18)19/h3-5,10,12H,6-8H2,1-2H3,(H,16,20)(H,18,19). The number of carbonyl (C=O) groups is 2. The van der Waals surface area contributed by atoms with E-state index in [0.717, 1.165) is 11.3 Å². The number of nitrogens with one attached hydrogen (secondary N) is 1. The van der Waals surface area contributed by atoms with E-state index in [2.05, 4.69) is 10.3 Å². The van der Waals surface area contributed by atoms with Crippen LogP contribution in [0.2, 0.25) is 0 Å². The maximum atomic E-state index is 12.2. The third kappa shape index (κ3) is 3.49. The number of aromatic nitrogens is 1. The maximum absolute atomic E-state index is 12.2. The average Bonchev–Trinajstić information content (AvgIpc) is 2.90. The summed E-state index contributed by atoms with van der Waals surface area (Å²) in [7, 11) is 1.52. The van der Waals surface area contributed by atoms with Gasteiger partial charge in [0.1, 0.15) is 6.04 Å². The highest BCUT2D eigenvalue weighted by Crippen LogP contribution is 2.20. The second kappa shape index (κ2) is 6.53. The van der Waals surface area contributed by atoms with Crippen molar-refractivity contribution in [3.8, 4) is 0 Å². The van der Waals surface area contributed by atoms with E-state index >= 15 is 0 Å². The Morgan fingerprint density at radius 2 is 2.33 bits per heavy atom. The molecular formula is C14H19N3O4. The van der Waals surface area contributed by atoms with Crippen LogP contribution in [0, 0.1) is 6.92 Å². The quantitative estimate of drug-likeness (QED) is 0.855. The molecule has 1 saturated heterocycles. The van der Waals surface area contributed by atoms with Crippen LogP contribution in [0.1, 0.15) is 17.7 Å². The predicted molar refractivity (Wildman–Crippen MR) is 74.8 cm³/mol. The van der Waals surface area contributed by atoms with Crippen LogP contribution in [0.4, 0.5) is 4.79 Å². The van der Waals surface area contributed by atoms with Crippen molar-refractivity contribution in [3.05, 3.63) is 29.6 Å². The van der Waals surface area contributed by atoms with E-state index in [-0.39, 0.29) is 19.2 Å². The van der Waals surface area contributed by atoms with Crippen molar-refractivity contribution < 1.29 is 19.4 Å². The highest BCUT2D eigenvalue weighted by molar-refractivity contribution is 5.83. The number of amides is 2. The molecule has 0 bridgehead atoms. The number of aryl methyl sites for hydroxylation is 1. The van der Waals surface area contributed by atoms with Gasteiger partial charge in [-0.1, -0.05) is 6.07 Å². The zero-order valence-corrected chi connectivity index (χ0v) is 12.1. The molecule has 2 N–H and O–H groups in total. The maximum Gasteiger partial charge on any atom is 0.326 e. The van der Waals surface area contributed by atoms with E-state index in [9.17, 15) is 14.7 Å². The van der Waals surface area contributed by atoms with Gasteiger partial charge in [0.2, 0.25) is 0 Å². The van der Waals surface area contributed by atoms with Crippen LogP contribution < -0.4 is 5.32 Å². The third-order valence-electron chi connectivity index (χ3n) is 3.67. The first kappa shape index (κ1) is 15.2. The minimum Gasteiger partial charge on any atom is -0.480 e. The highest BCUT2D eigenvalue weighted by Gasteiger charge is 2.39. The lowest BCUT2D eigenvalue weighted by atomic mass is 10.2. The third-order valence-corrected chi connectivity index (χ3v) is 3.67. The summed E-state index contributed by atoms with van der Waals surface area (Å²) in [4.78, 5) is 28.9. The Kier molecular flexibility index (Phi) is 4.74. The Morgan fingerprint density at radius 1 is 1.57 bits per heavy atom. The molecule has 0 aliphatic carbocycles. The number of rotatable bonds is 4. The van der Waals surface area contributed by atoms with Gasteiger partial charge in [-0.3, -0.25) is 4.98 Å². The van der Waals surface area contributed by atoms with Crippen molar-refractivity contribution in [2.75, 3.05) is 13.7 Å². The van der Waals surface area contributed by atoms with Crippen LogP contribution in [0.3, 0.4) is 0 Å². The lowest BCUT2D eigenvalue weighted by molar-refractivity contribution is -0.141. The van der Waals surface area contributed by atoms with Crippen LogP contribution in [-0.2, 0) is 16.1 Å². The molecule has 2 amide bonds. The van der Waals surface area contributed by atoms with Gasteiger partial charge in [0.15, 0.2) is 0 Å². The molecule has 2 atom stereocenters. The van der Waals surface area contributed by atoms with Crippen molar-refractivity contribution in [2.45, 2.75) is 32.0 Å². The van der Waals surface area contributed by atoms with Gasteiger partial charge in [0, 0.05) is 26.3 Å². The molecule has 0 radical (unpaired) electrons. The van der Waals surface area contributed by atoms with Gasteiger partial charge in [-0.05, 0) is 18.6 Å². The first-order valence-corrected chi connectivity index (χ1v) is 6.73. The number of aliphatic carboxylic acids is 1. The fourth-order valence-corrected chi connectivity index (χ4v) is 2.39. The molecule has 1 aromatic rings. The Bertz CT molecular complexity index is 535. The van der Waals surface area contributed by atoms with Crippen LogP contribution in [-0.4, -0.2) is 52.8 Å². The minimum absolute atomic E-state index is 0.242. The van der Waals surface area contributed by atoms with Gasteiger partial charge in [0.05, 0.1) is 18.3 Å². The number of nitrogens with zero attached hydrogens (tertiary/aromatic N) is 2. The van der Waals surface area contributed by atoms with Crippen molar-refractivity contribution in [3.63, 3.8) is 0 Å². The van der Waals surface area contributed by atoms with Crippen molar-refractivity contribution in [1.29, 1.82) is 0 Å². The number of carboxylic acid groups (broad SMARTS) is 1. The van der Waals surface area contributed by atoms with E-state index in [1.54, 1.807) is 6.20 Å². The van der Waals surface area contributed by atoms with E-state index in [1.807, 2.05) is 19.1 Å². The minimum atomic E-state index is -1.02. The van der Waals surface area contributed by atoms with Gasteiger partial charge in [0.25, 0.3) is 0 Å². The molecule has 7 heteroatoms. The molecule has 21 heavy (non-hydrogen) atoms. The summed E-state index contributed by atoms with van der Waals surface area (Å²) in [5.74, 6) is -1.02. The van der Waals surface area contributed by atoms with Crippen molar-refractivity contribution >= 4 is 12.0 Å². The van der Waals surface area contributed by atoms with Gasteiger partial charge in [-0.2, -0.15) is 0 Å². The number of likely N-dealkylation sites (tertiary alicyclic amines) is 1. The number of ether oxygens (including phenoxy) is 1. The van der Waals surface area contributed by atoms with Crippen LogP contribution >= 0.6 is 0 Å². The fraction of sp³-hybridized carbons (Fsp3) is 0.500. The van der Waals surface area contributed by atoms with Crippen LogP contribution in [0.15, 0.2) is 18.3 Å². The summed E-state index contributed by atoms with van der Waals surface area (Å²) in [5.41, 5.74) is 1.74. The molecule has 114 valence electrons. The molecule has 0 spiro atoms. The second-order valence-corrected chi connectivity index (χ2v) is 5.03. The first-order chi connectivity index (χ1) is 10.0. The van der Waals surface area contributed by atoms with Gasteiger partial charge < -0.3 is 20.1 Å². The zero-order chi connectivity index (χ0) is 15.4. The summed E-state index contributed by atoms with van der Waals surface area (Å²) < 4.78 is 5.16. The number of hydrogen-bond donors (Lipinski definition) is 2. The summed E-state index contributed by atoms with van der Waals surface area (Å²) in [6, 6.07) is 2.47. The molecule has 1 aliphatic heterocycles. The first-order valence-electron chi connectivity index (χ1n) is 6.73. The highest BCUT2D eigenvalue weighted by atomic mass is 16.5. The number of carbonyl (C=O) groups excluding carboxylic acids is 1. The van der Waals surface area contributed by atoms with E-state index in [0.29, 0.717) is 6.42 Å². The van der Waals surface area contributed by atoms with E-state index < -0.39 is 18.0 Å². The molecule has 1 aromatic heterocycles. The Labute approximate surface area is 122 Å². The Morgan fingerprint density at radius 3 is 2.95 bits per heavy atom. The van der Waals surface area contributed by atoms with Crippen LogP contribution in [0.5, 0.6) is 0 Å². The van der Waals surface area contributed by atoms with Gasteiger partial charge in [-0.25, -0.2) is 9.59 Å². The monoisotopic (exact) mass is 293 g/mol. The number of methoxy groups -OCH3 is 1. The smallest absolute Gasteiger partial charge is 0.326 e. The second-order valence-electron chi connectivity index (χ2n) is 5.03. The number of pyridine rings is 1. The van der Waals surface area contributed by atoms with Gasteiger partial charge >= 0.3 is 12.0 Å². The van der Waals surface area contributed by atoms with Crippen LogP contribution in [0.25, 0.3) is 0 Å². The molecule has 1 fully saturated rings. The predicted octanol–water partition coefficient (Wildman–Crippen LogP) is 0.774. The SMILES string of the molecule is COC1CC(C(=O)O)N(C(=O)NCc2ncccc2C)C1. The molecule has 7 nitrogen and oxygen atoms in total. The molecule has 0 aromatic carbocycles. The number of carboxylic acids is 1. The summed E-state index contributed by atoms with van der Waals surface area (Å²) in [5, 5.41) is 11.9. The molecule has 2 rings (SSSR count). The molecule has 2 heterocycles. The summed E-state index contributed by atoms with van der Waals surface area (Å²) >= 11 is 0. The zero-order valence-electron chi connectivity index (χ0n) is 12.1. The van der Waals surface area contributed by atoms with E-state index in [4.69, 9.17) is 4.74 Å². The molecule has 0 saturated carbocycles. The lowest BCUT2D eigenvalue weighted by Crippen LogP contribution is -2.46. The van der Waals surface area contributed by atoms with Crippen molar-refractivity contribution in [2.24, 2.45) is 0 Å². The fourth-order valence-electron chi connectivity index (χ4n) is 2.39. The number of urea groups is 1. The van der Waals surface area contributed by atoms with Gasteiger partial charge in [-0.15, -0.1) is 0 Å². The normalized spacial score (nSPS) is 21.3. The summed E-state index contributed by atoms with van der Waals surface area (Å²) in [6.45, 7) is 2.46. The van der Waals surface area contributed by atoms with Crippen molar-refractivity contribution in [1.82, 2.24) is 15.2 Å². The molecule has 1 aliphatic rings. The summed E-state index contributed by atoms with van der Waals surface area (Å²) in [6.07, 6.45) is 1.72. The van der Waals surface area contributed by atoms with E-state index in [1.165, 1.54) is 12.0 Å². The molecular weight excluding hydrogens is 274 g/mol. The Hall–Kier alpha value is -2.15. The largest absolute Gasteiger partial charge is 0.480 e. The lowest BCUT2D eigenvalue weighted by Gasteiger charge is -2.21. The number of hydrogen-bond acceptors (Lipinski definition) is 4. The molecule has 2 unspecified atom stereocenters. The Balaban J connectivity index is 1.99. The average molecular weight is 293 g/mol.